The van der Waals surface area contributed by atoms with Gasteiger partial charge in [0.05, 0.1) is 19.6 Å². The van der Waals surface area contributed by atoms with Crippen molar-refractivity contribution < 1.29 is 103 Å². The van der Waals surface area contributed by atoms with Crippen molar-refractivity contribution in [2.45, 2.75) is 66.1 Å². The minimum Gasteiger partial charge on any atom is -0.481 e. The molecule has 4 nitrogen and oxygen atoms in total. The van der Waals surface area contributed by atoms with E-state index in [0.717, 1.165) is 0 Å². The fraction of sp³-hybridized carbons (Fsp3) is 0.929. The highest BCUT2D eigenvalue weighted by Gasteiger charge is 2.97. The topological polar surface area (TPSA) is 66.8 Å². The zero-order valence-corrected chi connectivity index (χ0v) is 16.6. The van der Waals surface area contributed by atoms with Gasteiger partial charge < -0.3 is 14.9 Å². The Kier molecular flexibility index (Phi) is 9.16. The Balaban J connectivity index is 7.00. The third-order valence-electron chi connectivity index (χ3n) is 4.32. The summed E-state index contributed by atoms with van der Waals surface area (Å²) >= 11 is 0. The van der Waals surface area contributed by atoms with Crippen molar-refractivity contribution in [3.63, 3.8) is 0 Å². The van der Waals surface area contributed by atoms with Crippen LogP contribution in [0.15, 0.2) is 0 Å². The van der Waals surface area contributed by atoms with Gasteiger partial charge in [0.2, 0.25) is 0 Å². The van der Waals surface area contributed by atoms with E-state index in [1.54, 1.807) is 0 Å². The molecule has 222 valence electrons. The number of aliphatic hydroxyl groups excluding tert-OH is 1. The number of aliphatic carboxylic acids is 1. The highest BCUT2D eigenvalue weighted by molar-refractivity contribution is 5.67. The van der Waals surface area contributed by atoms with E-state index in [-0.39, 0.29) is 0 Å². The monoisotopic (exact) mass is 602 g/mol. The van der Waals surface area contributed by atoms with Crippen LogP contribution in [0.2, 0.25) is 0 Å². The van der Waals surface area contributed by atoms with E-state index in [1.807, 2.05) is 0 Å². The van der Waals surface area contributed by atoms with Gasteiger partial charge in [-0.1, -0.05) is 0 Å². The summed E-state index contributed by atoms with van der Waals surface area (Å²) in [6.45, 7) is -3.17. The molecule has 0 aromatic rings. The number of alkyl halides is 19. The van der Waals surface area contributed by atoms with Gasteiger partial charge in [-0.3, -0.25) is 4.79 Å². The van der Waals surface area contributed by atoms with Crippen LogP contribution in [0.25, 0.3) is 0 Å². The fourth-order valence-corrected chi connectivity index (χ4v) is 2.22. The molecule has 0 spiro atoms. The van der Waals surface area contributed by atoms with Gasteiger partial charge in [0, 0.05) is 0 Å². The lowest BCUT2D eigenvalue weighted by Gasteiger charge is -2.44. The highest BCUT2D eigenvalue weighted by Crippen LogP contribution is 2.65. The Morgan fingerprint density at radius 3 is 1.14 bits per heavy atom. The first-order chi connectivity index (χ1) is 15.9. The molecule has 0 amide bonds. The van der Waals surface area contributed by atoms with Gasteiger partial charge in [-0.15, -0.1) is 0 Å². The van der Waals surface area contributed by atoms with E-state index in [2.05, 4.69) is 4.74 Å². The van der Waals surface area contributed by atoms with Gasteiger partial charge in [0.1, 0.15) is 6.10 Å². The molecule has 0 aliphatic carbocycles. The summed E-state index contributed by atoms with van der Waals surface area (Å²) in [7, 11) is 0. The number of halogens is 19. The average Bonchev–Trinajstić information content (AvgIpc) is 2.68. The Hall–Kier alpha value is -1.94. The first-order valence-electron chi connectivity index (χ1n) is 8.41. The summed E-state index contributed by atoms with van der Waals surface area (Å²) in [6.07, 6.45) is -14.8. The predicted molar refractivity (Wildman–Crippen MR) is 74.7 cm³/mol. The second-order valence-corrected chi connectivity index (χ2v) is 6.82. The number of aliphatic hydroxyl groups is 1. The summed E-state index contributed by atoms with van der Waals surface area (Å²) in [4.78, 5) is 10.4. The Morgan fingerprint density at radius 2 is 0.865 bits per heavy atom. The second-order valence-electron chi connectivity index (χ2n) is 6.82. The van der Waals surface area contributed by atoms with Crippen molar-refractivity contribution in [3.05, 3.63) is 0 Å². The van der Waals surface area contributed by atoms with Gasteiger partial charge >= 0.3 is 59.5 Å². The molecule has 0 aliphatic rings. The maximum atomic E-state index is 14.0. The minimum atomic E-state index is -9.07. The largest absolute Gasteiger partial charge is 0.481 e. The molecular weight excluding hydrogens is 593 g/mol. The molecule has 1 unspecified atom stereocenters. The van der Waals surface area contributed by atoms with Crippen LogP contribution in [-0.4, -0.2) is 89.1 Å². The summed E-state index contributed by atoms with van der Waals surface area (Å²) in [5, 5.41) is 16.7. The number of hydrogen-bond acceptors (Lipinski definition) is 3. The van der Waals surface area contributed by atoms with E-state index in [4.69, 9.17) is 10.2 Å². The molecule has 0 saturated heterocycles. The third kappa shape index (κ3) is 4.95. The van der Waals surface area contributed by atoms with Crippen LogP contribution in [0, 0.1) is 0 Å². The molecule has 0 rings (SSSR count). The van der Waals surface area contributed by atoms with E-state index in [0.29, 0.717) is 0 Å². The standard InChI is InChI=1S/C14H9F19O4/c15-6(16,4(3-5(35)36)37-2-1-34)7(17,18)8(19,20)9(21,22)10(23,24)11(25,26)12(27,28)13(29,30)14(31,32)33/h4,34H,1-3H2,(H,35,36). The molecule has 0 heterocycles. The molecule has 37 heavy (non-hydrogen) atoms. The van der Waals surface area contributed by atoms with Crippen LogP contribution in [0.1, 0.15) is 6.42 Å². The van der Waals surface area contributed by atoms with Gasteiger partial charge in [-0.25, -0.2) is 0 Å². The summed E-state index contributed by atoms with van der Waals surface area (Å²) in [5.74, 6) is -71.1. The lowest BCUT2D eigenvalue weighted by Crippen LogP contribution is -2.76. The Bertz CT molecular complexity index is 818. The van der Waals surface area contributed by atoms with Crippen LogP contribution in [0.3, 0.4) is 0 Å². The van der Waals surface area contributed by atoms with Crippen molar-refractivity contribution in [2.24, 2.45) is 0 Å². The van der Waals surface area contributed by atoms with Crippen molar-refractivity contribution >= 4 is 5.97 Å². The molecule has 23 heteroatoms. The predicted octanol–water partition coefficient (Wildman–Crippen LogP) is 5.48. The van der Waals surface area contributed by atoms with Gasteiger partial charge in [-0.2, -0.15) is 83.4 Å². The SMILES string of the molecule is O=C(O)CC(OCCO)C(F)(F)C(F)(F)C(F)(F)C(F)(F)C(F)(F)C(F)(F)C(F)(F)C(F)(F)C(F)(F)F. The zero-order chi connectivity index (χ0) is 30.5. The van der Waals surface area contributed by atoms with E-state index in [1.165, 1.54) is 0 Å². The van der Waals surface area contributed by atoms with Gasteiger partial charge in [0.25, 0.3) is 0 Å². The Labute approximate surface area is 189 Å². The number of carbonyl (C=O) groups is 1. The van der Waals surface area contributed by atoms with Crippen LogP contribution in [-0.2, 0) is 9.53 Å². The molecule has 0 saturated carbocycles. The Morgan fingerprint density at radius 1 is 0.568 bits per heavy atom. The van der Waals surface area contributed by atoms with Crippen LogP contribution < -0.4 is 0 Å². The summed E-state index contributed by atoms with van der Waals surface area (Å²) < 4.78 is 255. The van der Waals surface area contributed by atoms with E-state index < -0.39 is 85.3 Å². The minimum absolute atomic E-state index is 1.50. The molecule has 1 atom stereocenters. The molecule has 0 fully saturated rings. The number of hydrogen-bond donors (Lipinski definition) is 2. The molecule has 0 aromatic carbocycles. The first-order valence-corrected chi connectivity index (χ1v) is 8.41. The highest BCUT2D eigenvalue weighted by atomic mass is 19.4. The maximum absolute atomic E-state index is 14.0. The molecule has 2 N–H and O–H groups in total. The number of ether oxygens (including phenoxy) is 1. The molecule has 0 radical (unpaired) electrons. The smallest absolute Gasteiger partial charge is 0.460 e. The third-order valence-corrected chi connectivity index (χ3v) is 4.32. The van der Waals surface area contributed by atoms with Crippen molar-refractivity contribution in [2.75, 3.05) is 13.2 Å². The van der Waals surface area contributed by atoms with Crippen LogP contribution >= 0.6 is 0 Å². The van der Waals surface area contributed by atoms with Crippen LogP contribution in [0.5, 0.6) is 0 Å². The summed E-state index contributed by atoms with van der Waals surface area (Å²) in [6, 6.07) is 0. The fourth-order valence-electron chi connectivity index (χ4n) is 2.22. The van der Waals surface area contributed by atoms with Crippen molar-refractivity contribution in [3.8, 4) is 0 Å². The normalized spacial score (nSPS) is 16.6. The quantitative estimate of drug-likeness (QED) is 0.274. The number of rotatable bonds is 13. The van der Waals surface area contributed by atoms with Gasteiger partial charge in [-0.05, 0) is 0 Å². The summed E-state index contributed by atoms with van der Waals surface area (Å²) in [5.41, 5.74) is 0. The lowest BCUT2D eigenvalue weighted by molar-refractivity contribution is -0.470. The van der Waals surface area contributed by atoms with Crippen LogP contribution in [0.4, 0.5) is 83.4 Å². The second kappa shape index (κ2) is 9.67. The van der Waals surface area contributed by atoms with E-state index >= 15 is 0 Å². The zero-order valence-electron chi connectivity index (χ0n) is 16.6. The van der Waals surface area contributed by atoms with Crippen molar-refractivity contribution in [1.29, 1.82) is 0 Å². The number of carboxylic acids is 1. The maximum Gasteiger partial charge on any atom is 0.460 e. The first kappa shape index (κ1) is 35.1. The van der Waals surface area contributed by atoms with Crippen molar-refractivity contribution in [1.82, 2.24) is 0 Å². The molecule has 0 aliphatic heterocycles. The molecule has 0 aromatic heterocycles. The average molecular weight is 602 g/mol. The number of carboxylic acid groups (broad SMARTS) is 1. The molecule has 0 bridgehead atoms. The lowest BCUT2D eigenvalue weighted by atomic mass is 9.86. The van der Waals surface area contributed by atoms with Gasteiger partial charge in [0.15, 0.2) is 0 Å². The molecular formula is C14H9F19O4. The van der Waals surface area contributed by atoms with E-state index in [9.17, 15) is 88.2 Å².